The summed E-state index contributed by atoms with van der Waals surface area (Å²) in [5, 5.41) is 8.07. The highest BCUT2D eigenvalue weighted by molar-refractivity contribution is 7.89. The maximum absolute atomic E-state index is 12.5. The molecule has 1 aliphatic rings. The molecule has 1 atom stereocenters. The number of likely N-dealkylation sites (N-methyl/N-ethyl adjacent to an activating group) is 1. The van der Waals surface area contributed by atoms with Crippen LogP contribution in [0.5, 0.6) is 0 Å². The van der Waals surface area contributed by atoms with Crippen LogP contribution in [0.1, 0.15) is 17.2 Å². The van der Waals surface area contributed by atoms with Gasteiger partial charge in [-0.3, -0.25) is 9.69 Å². The monoisotopic (exact) mass is 416 g/mol. The number of primary sulfonamides is 1. The maximum Gasteiger partial charge on any atom is 0.238 e. The van der Waals surface area contributed by atoms with Gasteiger partial charge in [-0.15, -0.1) is 0 Å². The zero-order chi connectivity index (χ0) is 20.9. The average Bonchev–Trinajstić information content (AvgIpc) is 2.70. The van der Waals surface area contributed by atoms with Gasteiger partial charge >= 0.3 is 0 Å². The third-order valence-electron chi connectivity index (χ3n) is 5.21. The van der Waals surface area contributed by atoms with E-state index in [9.17, 15) is 13.2 Å². The maximum atomic E-state index is 12.5. The van der Waals surface area contributed by atoms with Gasteiger partial charge in [0.1, 0.15) is 0 Å². The summed E-state index contributed by atoms with van der Waals surface area (Å²) in [7, 11) is -1.58. The van der Waals surface area contributed by atoms with Crippen LogP contribution in [0.2, 0.25) is 0 Å². The molecule has 8 heteroatoms. The number of rotatable bonds is 7. The number of hydrogen-bond donors (Lipinski definition) is 2. The Bertz CT molecular complexity index is 917. The van der Waals surface area contributed by atoms with E-state index in [4.69, 9.17) is 5.14 Å². The first kappa shape index (κ1) is 21.4. The number of nitrogens with zero attached hydrogens (tertiary/aromatic N) is 2. The van der Waals surface area contributed by atoms with E-state index in [-0.39, 0.29) is 16.8 Å². The van der Waals surface area contributed by atoms with Crippen LogP contribution in [0, 0.1) is 0 Å². The Kier molecular flexibility index (Phi) is 7.02. The summed E-state index contributed by atoms with van der Waals surface area (Å²) in [5.74, 6) is -0.00311. The van der Waals surface area contributed by atoms with Crippen molar-refractivity contribution in [2.75, 3.05) is 39.8 Å². The molecule has 1 amide bonds. The minimum absolute atomic E-state index is 0.00311. The molecule has 0 aliphatic carbocycles. The van der Waals surface area contributed by atoms with Crippen LogP contribution in [0.25, 0.3) is 0 Å². The first-order chi connectivity index (χ1) is 13.8. The molecule has 156 valence electrons. The Hall–Kier alpha value is -2.26. The van der Waals surface area contributed by atoms with Gasteiger partial charge in [-0.2, -0.15) is 0 Å². The Labute approximate surface area is 172 Å². The van der Waals surface area contributed by atoms with Crippen molar-refractivity contribution in [3.63, 3.8) is 0 Å². The van der Waals surface area contributed by atoms with Gasteiger partial charge in [0, 0.05) is 32.2 Å². The second kappa shape index (κ2) is 9.49. The van der Waals surface area contributed by atoms with Crippen LogP contribution in [0.3, 0.4) is 0 Å². The molecule has 2 aromatic carbocycles. The summed E-state index contributed by atoms with van der Waals surface area (Å²) in [5.41, 5.74) is 2.17. The molecular formula is C21H28N4O3S. The van der Waals surface area contributed by atoms with Crippen LogP contribution < -0.4 is 10.5 Å². The Balaban J connectivity index is 1.51. The predicted molar refractivity (Wildman–Crippen MR) is 113 cm³/mol. The molecule has 0 aromatic heterocycles. The number of nitrogens with one attached hydrogen (secondary N) is 1. The highest BCUT2D eigenvalue weighted by atomic mass is 32.2. The Morgan fingerprint density at radius 3 is 2.45 bits per heavy atom. The van der Waals surface area contributed by atoms with Gasteiger partial charge in [-0.1, -0.05) is 42.5 Å². The minimum Gasteiger partial charge on any atom is -0.355 e. The summed E-state index contributed by atoms with van der Waals surface area (Å²) in [6.45, 7) is 3.54. The second-order valence-electron chi connectivity index (χ2n) is 7.45. The van der Waals surface area contributed by atoms with Crippen molar-refractivity contribution in [3.8, 4) is 0 Å². The molecule has 3 N–H and O–H groups in total. The zero-order valence-corrected chi connectivity index (χ0v) is 17.4. The number of nitrogens with two attached hydrogens (primary N) is 1. The number of hydrogen-bond acceptors (Lipinski definition) is 5. The molecule has 1 aliphatic heterocycles. The Morgan fingerprint density at radius 2 is 1.79 bits per heavy atom. The molecule has 29 heavy (non-hydrogen) atoms. The van der Waals surface area contributed by atoms with Crippen LogP contribution in [0.4, 0.5) is 0 Å². The molecule has 0 bridgehead atoms. The Morgan fingerprint density at radius 1 is 1.10 bits per heavy atom. The van der Waals surface area contributed by atoms with Crippen molar-refractivity contribution in [1.29, 1.82) is 0 Å². The van der Waals surface area contributed by atoms with Gasteiger partial charge < -0.3 is 10.2 Å². The first-order valence-corrected chi connectivity index (χ1v) is 11.2. The van der Waals surface area contributed by atoms with Gasteiger partial charge in [0.2, 0.25) is 15.9 Å². The molecule has 1 heterocycles. The van der Waals surface area contributed by atoms with Crippen LogP contribution in [0.15, 0.2) is 59.5 Å². The lowest BCUT2D eigenvalue weighted by Gasteiger charge is -2.39. The van der Waals surface area contributed by atoms with Crippen LogP contribution >= 0.6 is 0 Å². The lowest BCUT2D eigenvalue weighted by Crippen LogP contribution is -2.50. The number of carbonyl (C=O) groups is 1. The molecule has 0 saturated carbocycles. The largest absolute Gasteiger partial charge is 0.355 e. The van der Waals surface area contributed by atoms with Gasteiger partial charge in [-0.05, 0) is 36.7 Å². The fourth-order valence-electron chi connectivity index (χ4n) is 3.57. The van der Waals surface area contributed by atoms with E-state index in [0.717, 1.165) is 25.2 Å². The summed E-state index contributed by atoms with van der Waals surface area (Å²) < 4.78 is 22.6. The topological polar surface area (TPSA) is 95.7 Å². The highest BCUT2D eigenvalue weighted by Crippen LogP contribution is 2.24. The summed E-state index contributed by atoms with van der Waals surface area (Å²) in [6.07, 6.45) is 0.626. The van der Waals surface area contributed by atoms with Crippen molar-refractivity contribution < 1.29 is 13.2 Å². The first-order valence-electron chi connectivity index (χ1n) is 9.69. The molecule has 2 aromatic rings. The van der Waals surface area contributed by atoms with Crippen molar-refractivity contribution >= 4 is 15.9 Å². The molecule has 1 fully saturated rings. The van der Waals surface area contributed by atoms with Gasteiger partial charge in [0.15, 0.2) is 0 Å². The van der Waals surface area contributed by atoms with Crippen LogP contribution in [-0.4, -0.2) is 63.9 Å². The zero-order valence-electron chi connectivity index (χ0n) is 16.6. The number of amides is 1. The molecule has 1 unspecified atom stereocenters. The van der Waals surface area contributed by atoms with Crippen molar-refractivity contribution in [3.05, 3.63) is 65.7 Å². The van der Waals surface area contributed by atoms with E-state index in [2.05, 4.69) is 34.3 Å². The third-order valence-corrected chi connectivity index (χ3v) is 6.14. The van der Waals surface area contributed by atoms with Crippen molar-refractivity contribution in [2.24, 2.45) is 5.14 Å². The quantitative estimate of drug-likeness (QED) is 0.702. The molecule has 0 radical (unpaired) electrons. The van der Waals surface area contributed by atoms with Crippen LogP contribution in [-0.2, 0) is 21.2 Å². The molecule has 7 nitrogen and oxygen atoms in total. The highest BCUT2D eigenvalue weighted by Gasteiger charge is 2.27. The molecular weight excluding hydrogens is 388 g/mol. The standard InChI is InChI=1S/C21H28N4O3S/c1-24-13-14-25(20(15-24)18-5-3-2-4-6-18)16-21(26)23-12-11-17-7-9-19(10-8-17)29(22,27)28/h2-10,20H,11-16H2,1H3,(H,23,26)(H2,22,27,28). The minimum atomic E-state index is -3.68. The molecule has 1 saturated heterocycles. The fourth-order valence-corrected chi connectivity index (χ4v) is 4.09. The second-order valence-corrected chi connectivity index (χ2v) is 9.01. The normalized spacial score (nSPS) is 18.5. The van der Waals surface area contributed by atoms with Gasteiger partial charge in [0.05, 0.1) is 11.4 Å². The lowest BCUT2D eigenvalue weighted by atomic mass is 10.0. The van der Waals surface area contributed by atoms with E-state index in [1.807, 2.05) is 18.2 Å². The van der Waals surface area contributed by atoms with Crippen molar-refractivity contribution in [2.45, 2.75) is 17.4 Å². The summed E-state index contributed by atoms with van der Waals surface area (Å²) >= 11 is 0. The van der Waals surface area contributed by atoms with Gasteiger partial charge in [0.25, 0.3) is 0 Å². The number of piperazine rings is 1. The van der Waals surface area contributed by atoms with E-state index in [0.29, 0.717) is 19.5 Å². The predicted octanol–water partition coefficient (Wildman–Crippen LogP) is 0.981. The third kappa shape index (κ3) is 6.11. The number of sulfonamides is 1. The van der Waals surface area contributed by atoms with E-state index < -0.39 is 10.0 Å². The fraction of sp³-hybridized carbons (Fsp3) is 0.381. The van der Waals surface area contributed by atoms with E-state index in [1.54, 1.807) is 12.1 Å². The molecule has 3 rings (SSSR count). The lowest BCUT2D eigenvalue weighted by molar-refractivity contribution is -0.123. The summed E-state index contributed by atoms with van der Waals surface area (Å²) in [4.78, 5) is 17.1. The molecule has 0 spiro atoms. The SMILES string of the molecule is CN1CCN(CC(=O)NCCc2ccc(S(N)(=O)=O)cc2)C(c2ccccc2)C1. The number of benzene rings is 2. The van der Waals surface area contributed by atoms with Crippen molar-refractivity contribution in [1.82, 2.24) is 15.1 Å². The van der Waals surface area contributed by atoms with Gasteiger partial charge in [-0.25, -0.2) is 13.6 Å². The van der Waals surface area contributed by atoms with E-state index in [1.165, 1.54) is 17.7 Å². The number of carbonyl (C=O) groups excluding carboxylic acids is 1. The summed E-state index contributed by atoms with van der Waals surface area (Å²) in [6, 6.07) is 16.9. The van der Waals surface area contributed by atoms with E-state index >= 15 is 0 Å². The average molecular weight is 417 g/mol. The smallest absolute Gasteiger partial charge is 0.238 e.